The maximum absolute atomic E-state index is 13.2. The van der Waals surface area contributed by atoms with Crippen molar-refractivity contribution in [3.63, 3.8) is 0 Å². The van der Waals surface area contributed by atoms with Gasteiger partial charge in [-0.25, -0.2) is 4.79 Å². The average molecular weight is 506 g/mol. The van der Waals surface area contributed by atoms with Gasteiger partial charge in [0.05, 0.1) is 11.7 Å². The highest BCUT2D eigenvalue weighted by Gasteiger charge is 2.49. The molecule has 2 aliphatic heterocycles. The summed E-state index contributed by atoms with van der Waals surface area (Å²) in [5, 5.41) is 6.04. The number of carbonyl (C=O) groups excluding carboxylic acids is 2. The zero-order valence-corrected chi connectivity index (χ0v) is 20.0. The molecule has 0 spiro atoms. The number of carbonyl (C=O) groups is 2. The maximum Gasteiger partial charge on any atom is 0.325 e. The number of rotatable bonds is 4. The molecular formula is C26H24BrN3O3. The second-order valence-corrected chi connectivity index (χ2v) is 9.64. The number of amides is 3. The molecule has 2 heterocycles. The van der Waals surface area contributed by atoms with Crippen LogP contribution in [0.4, 0.5) is 10.5 Å². The summed E-state index contributed by atoms with van der Waals surface area (Å²) < 4.78 is 7.28. The highest BCUT2D eigenvalue weighted by atomic mass is 79.9. The Bertz CT molecular complexity index is 1240. The molecular weight excluding hydrogens is 482 g/mol. The van der Waals surface area contributed by atoms with Crippen molar-refractivity contribution in [1.29, 1.82) is 0 Å². The van der Waals surface area contributed by atoms with Gasteiger partial charge < -0.3 is 15.4 Å². The molecule has 168 valence electrons. The van der Waals surface area contributed by atoms with Gasteiger partial charge in [0.15, 0.2) is 5.72 Å². The van der Waals surface area contributed by atoms with E-state index in [9.17, 15) is 9.59 Å². The zero-order valence-electron chi connectivity index (χ0n) is 18.4. The van der Waals surface area contributed by atoms with Gasteiger partial charge in [-0.1, -0.05) is 51.8 Å². The number of hydrogen-bond donors (Lipinski definition) is 2. The summed E-state index contributed by atoms with van der Waals surface area (Å²) in [5.41, 5.74) is 3.38. The molecule has 1 saturated heterocycles. The Hall–Kier alpha value is -3.32. The number of nitrogens with zero attached hydrogens (tertiary/aromatic N) is 1. The smallest absolute Gasteiger partial charge is 0.325 e. The van der Waals surface area contributed by atoms with E-state index < -0.39 is 5.72 Å². The third-order valence-electron chi connectivity index (χ3n) is 6.17. The third-order valence-corrected chi connectivity index (χ3v) is 6.67. The quantitative estimate of drug-likeness (QED) is 0.494. The topological polar surface area (TPSA) is 70.7 Å². The number of aryl methyl sites for hydroxylation is 1. The van der Waals surface area contributed by atoms with E-state index in [1.165, 1.54) is 5.56 Å². The number of hydrogen-bond acceptors (Lipinski definition) is 3. The molecule has 2 aliphatic rings. The molecule has 0 saturated carbocycles. The van der Waals surface area contributed by atoms with Gasteiger partial charge in [-0.15, -0.1) is 0 Å². The number of urea groups is 1. The van der Waals surface area contributed by atoms with Gasteiger partial charge in [0.2, 0.25) is 0 Å². The molecule has 33 heavy (non-hydrogen) atoms. The fourth-order valence-electron chi connectivity index (χ4n) is 4.51. The van der Waals surface area contributed by atoms with Crippen molar-refractivity contribution in [2.24, 2.45) is 0 Å². The second-order valence-electron chi connectivity index (χ2n) is 8.72. The maximum atomic E-state index is 13.2. The Morgan fingerprint density at radius 3 is 2.76 bits per heavy atom. The summed E-state index contributed by atoms with van der Waals surface area (Å²) in [5.74, 6) is 0.548. The number of anilines is 1. The van der Waals surface area contributed by atoms with Crippen molar-refractivity contribution in [1.82, 2.24) is 10.6 Å². The van der Waals surface area contributed by atoms with Crippen LogP contribution >= 0.6 is 15.9 Å². The van der Waals surface area contributed by atoms with Gasteiger partial charge >= 0.3 is 6.03 Å². The van der Waals surface area contributed by atoms with Crippen LogP contribution in [0.1, 0.15) is 46.4 Å². The van der Waals surface area contributed by atoms with E-state index in [1.54, 1.807) is 23.1 Å². The molecule has 2 bridgehead atoms. The SMILES string of the molecule is Cc1ccc(CNC(=O)c2cccc(N3C(=O)N[C@@H]4C[C@@]3(C)Oc3ccc(Br)cc34)c2)cc1. The van der Waals surface area contributed by atoms with Gasteiger partial charge in [0.25, 0.3) is 5.91 Å². The summed E-state index contributed by atoms with van der Waals surface area (Å²) in [6.07, 6.45) is 0.589. The van der Waals surface area contributed by atoms with E-state index in [4.69, 9.17) is 4.74 Å². The van der Waals surface area contributed by atoms with Crippen LogP contribution in [0.2, 0.25) is 0 Å². The minimum Gasteiger partial charge on any atom is -0.467 e. The molecule has 7 heteroatoms. The third kappa shape index (κ3) is 4.09. The van der Waals surface area contributed by atoms with Crippen LogP contribution in [-0.2, 0) is 6.54 Å². The van der Waals surface area contributed by atoms with Gasteiger partial charge in [0, 0.05) is 28.6 Å². The first kappa shape index (κ1) is 21.5. The molecule has 0 unspecified atom stereocenters. The van der Waals surface area contributed by atoms with Crippen molar-refractivity contribution in [2.45, 2.75) is 38.6 Å². The van der Waals surface area contributed by atoms with Gasteiger partial charge in [-0.2, -0.15) is 0 Å². The van der Waals surface area contributed by atoms with Crippen LogP contribution in [0, 0.1) is 6.92 Å². The van der Waals surface area contributed by atoms with Crippen molar-refractivity contribution in [3.8, 4) is 5.75 Å². The summed E-state index contributed by atoms with van der Waals surface area (Å²) in [6.45, 7) is 4.37. The Kier molecular flexibility index (Phi) is 5.37. The second kappa shape index (κ2) is 8.23. The lowest BCUT2D eigenvalue weighted by Gasteiger charge is -2.50. The molecule has 0 radical (unpaired) electrons. The van der Waals surface area contributed by atoms with Crippen LogP contribution in [0.25, 0.3) is 0 Å². The van der Waals surface area contributed by atoms with E-state index in [0.717, 1.165) is 21.3 Å². The number of ether oxygens (including phenoxy) is 1. The fourth-order valence-corrected chi connectivity index (χ4v) is 4.89. The van der Waals surface area contributed by atoms with Crippen molar-refractivity contribution in [3.05, 3.63) is 93.5 Å². The minimum absolute atomic E-state index is 0.138. The summed E-state index contributed by atoms with van der Waals surface area (Å²) in [7, 11) is 0. The van der Waals surface area contributed by atoms with E-state index in [0.29, 0.717) is 24.2 Å². The fraction of sp³-hybridized carbons (Fsp3) is 0.231. The number of fused-ring (bicyclic) bond motifs is 4. The van der Waals surface area contributed by atoms with Crippen LogP contribution in [0.5, 0.6) is 5.75 Å². The minimum atomic E-state index is -0.870. The molecule has 6 nitrogen and oxygen atoms in total. The first-order valence-electron chi connectivity index (χ1n) is 10.9. The molecule has 2 N–H and O–H groups in total. The number of nitrogens with one attached hydrogen (secondary N) is 2. The first-order chi connectivity index (χ1) is 15.8. The molecule has 1 fully saturated rings. The average Bonchev–Trinajstić information content (AvgIpc) is 2.79. The molecule has 0 aromatic heterocycles. The molecule has 5 rings (SSSR count). The Balaban J connectivity index is 1.39. The number of benzene rings is 3. The normalized spacial score (nSPS) is 21.0. The lowest BCUT2D eigenvalue weighted by Crippen LogP contribution is -2.65. The van der Waals surface area contributed by atoms with Gasteiger partial charge in [-0.3, -0.25) is 9.69 Å². The Labute approximate surface area is 201 Å². The monoisotopic (exact) mass is 505 g/mol. The van der Waals surface area contributed by atoms with Crippen molar-refractivity contribution >= 4 is 33.6 Å². The largest absolute Gasteiger partial charge is 0.467 e. The van der Waals surface area contributed by atoms with E-state index in [1.807, 2.05) is 62.4 Å². The van der Waals surface area contributed by atoms with Gasteiger partial charge in [-0.05, 0) is 55.8 Å². The molecule has 3 amide bonds. The van der Waals surface area contributed by atoms with Crippen molar-refractivity contribution in [2.75, 3.05) is 4.90 Å². The lowest BCUT2D eigenvalue weighted by atomic mass is 9.90. The Morgan fingerprint density at radius 1 is 1.18 bits per heavy atom. The zero-order chi connectivity index (χ0) is 23.2. The highest BCUT2D eigenvalue weighted by molar-refractivity contribution is 9.10. The number of halogens is 1. The standard InChI is InChI=1S/C26H24BrN3O3/c1-16-6-8-17(9-7-16)15-28-24(31)18-4-3-5-20(12-18)30-25(32)29-22-14-26(30,2)33-23-11-10-19(27)13-21(22)23/h3-13,22H,14-15H2,1-2H3,(H,28,31)(H,29,32)/t22-,26-/m1/s1. The molecule has 0 aliphatic carbocycles. The van der Waals surface area contributed by atoms with E-state index in [2.05, 4.69) is 26.6 Å². The van der Waals surface area contributed by atoms with E-state index in [-0.39, 0.29) is 18.0 Å². The van der Waals surface area contributed by atoms with Gasteiger partial charge in [0.1, 0.15) is 5.75 Å². The van der Waals surface area contributed by atoms with Crippen molar-refractivity contribution < 1.29 is 14.3 Å². The predicted molar refractivity (Wildman–Crippen MR) is 130 cm³/mol. The van der Waals surface area contributed by atoms with Crippen LogP contribution in [0.3, 0.4) is 0 Å². The highest BCUT2D eigenvalue weighted by Crippen LogP contribution is 2.46. The molecule has 3 aromatic rings. The van der Waals surface area contributed by atoms with E-state index >= 15 is 0 Å². The lowest BCUT2D eigenvalue weighted by molar-refractivity contribution is 0.0378. The first-order valence-corrected chi connectivity index (χ1v) is 11.6. The predicted octanol–water partition coefficient (Wildman–Crippen LogP) is 5.46. The Morgan fingerprint density at radius 2 is 1.97 bits per heavy atom. The van der Waals surface area contributed by atoms with Crippen LogP contribution < -0.4 is 20.3 Å². The van der Waals surface area contributed by atoms with Crippen LogP contribution in [-0.4, -0.2) is 17.7 Å². The summed E-state index contributed by atoms with van der Waals surface area (Å²) >= 11 is 3.49. The molecule has 3 aromatic carbocycles. The molecule has 2 atom stereocenters. The summed E-state index contributed by atoms with van der Waals surface area (Å²) in [6, 6.07) is 20.5. The van der Waals surface area contributed by atoms with Crippen LogP contribution in [0.15, 0.2) is 71.2 Å². The summed E-state index contributed by atoms with van der Waals surface area (Å²) in [4.78, 5) is 27.6.